The molecule has 0 fully saturated rings. The molecule has 6 heteroatoms. The molecule has 2 N–H and O–H groups in total. The van der Waals surface area contributed by atoms with Crippen molar-refractivity contribution in [2.75, 3.05) is 32.5 Å². The zero-order valence-electron chi connectivity index (χ0n) is 11.4. The van der Waals surface area contributed by atoms with E-state index in [1.165, 1.54) is 0 Å². The van der Waals surface area contributed by atoms with Crippen molar-refractivity contribution in [1.29, 1.82) is 0 Å². The first-order valence-corrected chi connectivity index (χ1v) is 6.06. The molecule has 1 heterocycles. The predicted molar refractivity (Wildman–Crippen MR) is 71.7 cm³/mol. The molecule has 1 aromatic heterocycles. The molecular formula is C12H21N5O. The number of hydrogen-bond donors (Lipinski definition) is 2. The Balaban J connectivity index is 2.56. The first-order chi connectivity index (χ1) is 8.52. The molecule has 0 aromatic carbocycles. The molecule has 6 nitrogen and oxygen atoms in total. The summed E-state index contributed by atoms with van der Waals surface area (Å²) in [4.78, 5) is 13.9. The topological polar surface area (TPSA) is 70.2 Å². The highest BCUT2D eigenvalue weighted by Crippen LogP contribution is 2.01. The van der Waals surface area contributed by atoms with E-state index in [9.17, 15) is 4.79 Å². The van der Waals surface area contributed by atoms with Gasteiger partial charge in [0.15, 0.2) is 5.69 Å². The van der Waals surface area contributed by atoms with Gasteiger partial charge in [0.2, 0.25) is 0 Å². The van der Waals surface area contributed by atoms with E-state index in [0.29, 0.717) is 11.5 Å². The summed E-state index contributed by atoms with van der Waals surface area (Å²) in [5.74, 6) is 0.482. The molecule has 0 spiro atoms. The van der Waals surface area contributed by atoms with Gasteiger partial charge in [-0.25, -0.2) is 0 Å². The molecule has 0 aliphatic rings. The minimum atomic E-state index is -0.195. The summed E-state index contributed by atoms with van der Waals surface area (Å²) >= 11 is 0. The lowest BCUT2D eigenvalue weighted by Crippen LogP contribution is -2.39. The van der Waals surface area contributed by atoms with E-state index in [2.05, 4.69) is 20.8 Å². The average molecular weight is 251 g/mol. The minimum absolute atomic E-state index is 0.0720. The maximum absolute atomic E-state index is 11.9. The van der Waals surface area contributed by atoms with Gasteiger partial charge in [0.1, 0.15) is 5.82 Å². The van der Waals surface area contributed by atoms with Crippen molar-refractivity contribution in [3.8, 4) is 0 Å². The normalized spacial score (nSPS) is 12.3. The van der Waals surface area contributed by atoms with Gasteiger partial charge >= 0.3 is 0 Å². The SMILES string of the molecule is CCNc1ccc(C(=O)NC(C)CN(C)C)nn1. The number of rotatable bonds is 6. The summed E-state index contributed by atoms with van der Waals surface area (Å²) in [5.41, 5.74) is 0.335. The van der Waals surface area contributed by atoms with Crippen LogP contribution < -0.4 is 10.6 Å². The molecule has 0 radical (unpaired) electrons. The van der Waals surface area contributed by atoms with E-state index in [4.69, 9.17) is 0 Å². The lowest BCUT2D eigenvalue weighted by molar-refractivity contribution is 0.0928. The highest BCUT2D eigenvalue weighted by molar-refractivity contribution is 5.92. The molecule has 1 aromatic rings. The smallest absolute Gasteiger partial charge is 0.272 e. The Morgan fingerprint density at radius 2 is 2.11 bits per heavy atom. The van der Waals surface area contributed by atoms with Gasteiger partial charge in [-0.05, 0) is 40.1 Å². The van der Waals surface area contributed by atoms with Crippen LogP contribution in [0, 0.1) is 0 Å². The maximum atomic E-state index is 11.9. The Kier molecular flexibility index (Phi) is 5.51. The van der Waals surface area contributed by atoms with Crippen LogP contribution in [0.15, 0.2) is 12.1 Å². The lowest BCUT2D eigenvalue weighted by atomic mass is 10.3. The van der Waals surface area contributed by atoms with E-state index >= 15 is 0 Å². The molecular weight excluding hydrogens is 230 g/mol. The number of aromatic nitrogens is 2. The largest absolute Gasteiger partial charge is 0.369 e. The molecule has 0 saturated heterocycles. The van der Waals surface area contributed by atoms with Crippen LogP contribution in [-0.4, -0.2) is 54.2 Å². The summed E-state index contributed by atoms with van der Waals surface area (Å²) in [6.07, 6.45) is 0. The van der Waals surface area contributed by atoms with Crippen molar-refractivity contribution in [3.05, 3.63) is 17.8 Å². The molecule has 1 rings (SSSR count). The van der Waals surface area contributed by atoms with E-state index in [-0.39, 0.29) is 11.9 Å². The lowest BCUT2D eigenvalue weighted by Gasteiger charge is -2.17. The molecule has 0 aliphatic carbocycles. The third-order valence-electron chi connectivity index (χ3n) is 2.27. The van der Waals surface area contributed by atoms with Crippen LogP contribution in [0.1, 0.15) is 24.3 Å². The van der Waals surface area contributed by atoms with E-state index in [1.807, 2.05) is 32.8 Å². The summed E-state index contributed by atoms with van der Waals surface area (Å²) in [5, 5.41) is 13.7. The van der Waals surface area contributed by atoms with Crippen molar-refractivity contribution in [2.45, 2.75) is 19.9 Å². The van der Waals surface area contributed by atoms with Crippen LogP contribution in [0.4, 0.5) is 5.82 Å². The van der Waals surface area contributed by atoms with Crippen LogP contribution in [0.5, 0.6) is 0 Å². The van der Waals surface area contributed by atoms with Crippen molar-refractivity contribution in [2.24, 2.45) is 0 Å². The Labute approximate surface area is 108 Å². The van der Waals surface area contributed by atoms with Gasteiger partial charge in [0.25, 0.3) is 5.91 Å². The van der Waals surface area contributed by atoms with Crippen LogP contribution >= 0.6 is 0 Å². The summed E-state index contributed by atoms with van der Waals surface area (Å²) in [6.45, 7) is 5.50. The van der Waals surface area contributed by atoms with Crippen LogP contribution in [-0.2, 0) is 0 Å². The number of anilines is 1. The van der Waals surface area contributed by atoms with E-state index in [1.54, 1.807) is 12.1 Å². The molecule has 100 valence electrons. The highest BCUT2D eigenvalue weighted by Gasteiger charge is 2.12. The number of carbonyl (C=O) groups is 1. The number of nitrogens with zero attached hydrogens (tertiary/aromatic N) is 3. The fraction of sp³-hybridized carbons (Fsp3) is 0.583. The summed E-state index contributed by atoms with van der Waals surface area (Å²) < 4.78 is 0. The molecule has 0 aliphatic heterocycles. The summed E-state index contributed by atoms with van der Waals surface area (Å²) in [6, 6.07) is 3.49. The number of carbonyl (C=O) groups excluding carboxylic acids is 1. The molecule has 0 saturated carbocycles. The molecule has 0 bridgehead atoms. The van der Waals surface area contributed by atoms with Crippen molar-refractivity contribution >= 4 is 11.7 Å². The Hall–Kier alpha value is -1.69. The number of nitrogens with one attached hydrogen (secondary N) is 2. The Bertz CT molecular complexity index is 377. The second-order valence-corrected chi connectivity index (χ2v) is 4.47. The van der Waals surface area contributed by atoms with Gasteiger partial charge in [-0.1, -0.05) is 0 Å². The average Bonchev–Trinajstić information content (AvgIpc) is 2.29. The van der Waals surface area contributed by atoms with Gasteiger partial charge in [0.05, 0.1) is 0 Å². The number of amides is 1. The molecule has 1 unspecified atom stereocenters. The first kappa shape index (κ1) is 14.4. The zero-order chi connectivity index (χ0) is 13.5. The number of hydrogen-bond acceptors (Lipinski definition) is 5. The maximum Gasteiger partial charge on any atom is 0.272 e. The van der Waals surface area contributed by atoms with Crippen LogP contribution in [0.3, 0.4) is 0 Å². The van der Waals surface area contributed by atoms with Crippen LogP contribution in [0.25, 0.3) is 0 Å². The van der Waals surface area contributed by atoms with Crippen LogP contribution in [0.2, 0.25) is 0 Å². The third kappa shape index (κ3) is 4.67. The first-order valence-electron chi connectivity index (χ1n) is 6.06. The zero-order valence-corrected chi connectivity index (χ0v) is 11.4. The predicted octanol–water partition coefficient (Wildman–Crippen LogP) is 0.588. The van der Waals surface area contributed by atoms with Gasteiger partial charge in [0, 0.05) is 19.1 Å². The van der Waals surface area contributed by atoms with Gasteiger partial charge in [-0.2, -0.15) is 0 Å². The highest BCUT2D eigenvalue weighted by atomic mass is 16.2. The second kappa shape index (κ2) is 6.90. The molecule has 1 atom stereocenters. The standard InChI is InChI=1S/C12H21N5O/c1-5-13-11-7-6-10(15-16-11)12(18)14-9(2)8-17(3)4/h6-7,9H,5,8H2,1-4H3,(H,13,16)(H,14,18). The third-order valence-corrected chi connectivity index (χ3v) is 2.27. The number of likely N-dealkylation sites (N-methyl/N-ethyl adjacent to an activating group) is 1. The fourth-order valence-corrected chi connectivity index (χ4v) is 1.62. The molecule has 18 heavy (non-hydrogen) atoms. The summed E-state index contributed by atoms with van der Waals surface area (Å²) in [7, 11) is 3.93. The van der Waals surface area contributed by atoms with Gasteiger partial charge < -0.3 is 15.5 Å². The Morgan fingerprint density at radius 3 is 2.61 bits per heavy atom. The van der Waals surface area contributed by atoms with Crippen molar-refractivity contribution in [1.82, 2.24) is 20.4 Å². The quantitative estimate of drug-likeness (QED) is 0.774. The van der Waals surface area contributed by atoms with Crippen molar-refractivity contribution < 1.29 is 4.79 Å². The van der Waals surface area contributed by atoms with E-state index in [0.717, 1.165) is 13.1 Å². The monoisotopic (exact) mass is 251 g/mol. The Morgan fingerprint density at radius 1 is 1.39 bits per heavy atom. The van der Waals surface area contributed by atoms with E-state index < -0.39 is 0 Å². The fourth-order valence-electron chi connectivity index (χ4n) is 1.62. The molecule has 1 amide bonds. The van der Waals surface area contributed by atoms with Gasteiger partial charge in [-0.15, -0.1) is 10.2 Å². The van der Waals surface area contributed by atoms with Crippen molar-refractivity contribution in [3.63, 3.8) is 0 Å². The minimum Gasteiger partial charge on any atom is -0.369 e. The van der Waals surface area contributed by atoms with Gasteiger partial charge in [-0.3, -0.25) is 4.79 Å². The second-order valence-electron chi connectivity index (χ2n) is 4.47.